The van der Waals surface area contributed by atoms with Crippen molar-refractivity contribution in [3.63, 3.8) is 0 Å². The standard InChI is InChI=1S/C28H33F3/c1-2-3-4-5-20-6-7-26-19-25(13-12-24(26)18-20)23-10-8-21(9-11-23)22-14-16-27(17-15-22)28(29,30)31/h2-3,8-11,14-17,20,24-26H,4-7,12-13,18-19H2,1H3/b3-2+. The molecule has 0 heterocycles. The Morgan fingerprint density at radius 1 is 0.806 bits per heavy atom. The fourth-order valence-corrected chi connectivity index (χ4v) is 5.85. The predicted molar refractivity (Wildman–Crippen MR) is 122 cm³/mol. The van der Waals surface area contributed by atoms with E-state index >= 15 is 0 Å². The Labute approximate surface area is 184 Å². The Hall–Kier alpha value is -2.03. The van der Waals surface area contributed by atoms with Gasteiger partial charge in [0.25, 0.3) is 0 Å². The molecule has 0 amide bonds. The number of halogens is 3. The zero-order chi connectivity index (χ0) is 21.8. The fourth-order valence-electron chi connectivity index (χ4n) is 5.85. The minimum absolute atomic E-state index is 0.596. The molecule has 2 aliphatic carbocycles. The Morgan fingerprint density at radius 2 is 1.42 bits per heavy atom. The second kappa shape index (κ2) is 9.63. The summed E-state index contributed by atoms with van der Waals surface area (Å²) in [6.45, 7) is 2.11. The Kier molecular flexibility index (Phi) is 6.89. The molecule has 0 aromatic heterocycles. The molecule has 2 aromatic carbocycles. The third kappa shape index (κ3) is 5.42. The maximum absolute atomic E-state index is 12.8. The maximum Gasteiger partial charge on any atom is 0.416 e. The Bertz CT molecular complexity index is 861. The van der Waals surface area contributed by atoms with E-state index in [2.05, 4.69) is 43.3 Å². The van der Waals surface area contributed by atoms with Crippen molar-refractivity contribution in [2.24, 2.45) is 17.8 Å². The van der Waals surface area contributed by atoms with Crippen LogP contribution in [0, 0.1) is 17.8 Å². The highest BCUT2D eigenvalue weighted by molar-refractivity contribution is 5.64. The molecule has 0 N–H and O–H groups in total. The molecule has 4 rings (SSSR count). The fraction of sp³-hybridized carbons (Fsp3) is 0.500. The van der Waals surface area contributed by atoms with Crippen LogP contribution in [0.3, 0.4) is 0 Å². The monoisotopic (exact) mass is 426 g/mol. The Balaban J connectivity index is 1.35. The van der Waals surface area contributed by atoms with Gasteiger partial charge in [0.2, 0.25) is 0 Å². The summed E-state index contributed by atoms with van der Waals surface area (Å²) in [5.41, 5.74) is 2.61. The van der Waals surface area contributed by atoms with Gasteiger partial charge < -0.3 is 0 Å². The molecule has 0 nitrogen and oxygen atoms in total. The van der Waals surface area contributed by atoms with Gasteiger partial charge in [0.15, 0.2) is 0 Å². The van der Waals surface area contributed by atoms with E-state index in [0.29, 0.717) is 5.92 Å². The number of alkyl halides is 3. The first-order valence-electron chi connectivity index (χ1n) is 11.8. The van der Waals surface area contributed by atoms with Crippen LogP contribution in [0.2, 0.25) is 0 Å². The van der Waals surface area contributed by atoms with Crippen LogP contribution in [-0.4, -0.2) is 0 Å². The number of hydrogen-bond acceptors (Lipinski definition) is 0. The molecule has 0 spiro atoms. The zero-order valence-corrected chi connectivity index (χ0v) is 18.4. The van der Waals surface area contributed by atoms with Crippen molar-refractivity contribution in [2.75, 3.05) is 0 Å². The van der Waals surface area contributed by atoms with Gasteiger partial charge in [-0.15, -0.1) is 0 Å². The van der Waals surface area contributed by atoms with Gasteiger partial charge in [0.1, 0.15) is 0 Å². The minimum atomic E-state index is -4.28. The van der Waals surface area contributed by atoms with Crippen molar-refractivity contribution in [3.8, 4) is 11.1 Å². The SMILES string of the molecule is C/C=C/CCC1CCC2CC(c3ccc(-c4ccc(C(F)(F)F)cc4)cc3)CCC2C1. The van der Waals surface area contributed by atoms with Gasteiger partial charge >= 0.3 is 6.18 Å². The highest BCUT2D eigenvalue weighted by Crippen LogP contribution is 2.48. The molecule has 2 aliphatic rings. The molecule has 4 atom stereocenters. The molecule has 166 valence electrons. The molecule has 2 saturated carbocycles. The molecule has 31 heavy (non-hydrogen) atoms. The average molecular weight is 427 g/mol. The summed E-state index contributed by atoms with van der Waals surface area (Å²) in [6, 6.07) is 14.0. The van der Waals surface area contributed by atoms with E-state index in [1.165, 1.54) is 69.1 Å². The summed E-state index contributed by atoms with van der Waals surface area (Å²) < 4.78 is 38.4. The smallest absolute Gasteiger partial charge is 0.166 e. The van der Waals surface area contributed by atoms with Gasteiger partial charge in [-0.3, -0.25) is 0 Å². The number of fused-ring (bicyclic) bond motifs is 1. The van der Waals surface area contributed by atoms with Gasteiger partial charge in [-0.25, -0.2) is 0 Å². The molecule has 3 heteroatoms. The third-order valence-corrected chi connectivity index (χ3v) is 7.63. The van der Waals surface area contributed by atoms with Gasteiger partial charge in [0, 0.05) is 0 Å². The highest BCUT2D eigenvalue weighted by Gasteiger charge is 2.35. The van der Waals surface area contributed by atoms with Gasteiger partial charge in [-0.05, 0) is 104 Å². The normalized spacial score (nSPS) is 26.7. The van der Waals surface area contributed by atoms with Gasteiger partial charge in [0.05, 0.1) is 5.56 Å². The van der Waals surface area contributed by atoms with Crippen molar-refractivity contribution < 1.29 is 13.2 Å². The summed E-state index contributed by atoms with van der Waals surface area (Å²) in [5.74, 6) is 3.32. The Morgan fingerprint density at radius 3 is 2.06 bits per heavy atom. The lowest BCUT2D eigenvalue weighted by Gasteiger charge is -2.42. The lowest BCUT2D eigenvalue weighted by atomic mass is 9.63. The molecule has 0 bridgehead atoms. The van der Waals surface area contributed by atoms with Crippen LogP contribution in [0.25, 0.3) is 11.1 Å². The third-order valence-electron chi connectivity index (χ3n) is 7.63. The largest absolute Gasteiger partial charge is 0.416 e. The summed E-state index contributed by atoms with van der Waals surface area (Å²) in [4.78, 5) is 0. The van der Waals surface area contributed by atoms with Crippen LogP contribution >= 0.6 is 0 Å². The topological polar surface area (TPSA) is 0 Å². The van der Waals surface area contributed by atoms with E-state index in [0.717, 1.165) is 28.9 Å². The number of allylic oxidation sites excluding steroid dienone is 2. The van der Waals surface area contributed by atoms with E-state index in [-0.39, 0.29) is 0 Å². The lowest BCUT2D eigenvalue weighted by Crippen LogP contribution is -2.30. The number of rotatable bonds is 5. The van der Waals surface area contributed by atoms with Crippen LogP contribution in [0.1, 0.15) is 75.3 Å². The van der Waals surface area contributed by atoms with Crippen molar-refractivity contribution in [1.82, 2.24) is 0 Å². The van der Waals surface area contributed by atoms with Crippen molar-refractivity contribution in [1.29, 1.82) is 0 Å². The molecule has 0 aliphatic heterocycles. The van der Waals surface area contributed by atoms with Crippen molar-refractivity contribution >= 4 is 0 Å². The first kappa shape index (κ1) is 22.2. The summed E-state index contributed by atoms with van der Waals surface area (Å²) in [7, 11) is 0. The summed E-state index contributed by atoms with van der Waals surface area (Å²) in [5, 5.41) is 0. The molecular formula is C28H33F3. The lowest BCUT2D eigenvalue weighted by molar-refractivity contribution is -0.137. The van der Waals surface area contributed by atoms with E-state index in [1.54, 1.807) is 12.1 Å². The minimum Gasteiger partial charge on any atom is -0.166 e. The van der Waals surface area contributed by atoms with Crippen LogP contribution in [-0.2, 0) is 6.18 Å². The molecule has 0 radical (unpaired) electrons. The van der Waals surface area contributed by atoms with E-state index in [1.807, 2.05) is 0 Å². The quantitative estimate of drug-likeness (QED) is 0.418. The zero-order valence-electron chi connectivity index (χ0n) is 18.4. The first-order chi connectivity index (χ1) is 14.9. The molecular weight excluding hydrogens is 393 g/mol. The highest BCUT2D eigenvalue weighted by atomic mass is 19.4. The second-order valence-electron chi connectivity index (χ2n) is 9.55. The van der Waals surface area contributed by atoms with E-state index in [4.69, 9.17) is 0 Å². The first-order valence-corrected chi connectivity index (χ1v) is 11.8. The van der Waals surface area contributed by atoms with Gasteiger partial charge in [-0.1, -0.05) is 55.0 Å². The second-order valence-corrected chi connectivity index (χ2v) is 9.55. The molecule has 2 fully saturated rings. The van der Waals surface area contributed by atoms with Crippen LogP contribution in [0.15, 0.2) is 60.7 Å². The van der Waals surface area contributed by atoms with Crippen molar-refractivity contribution in [3.05, 3.63) is 71.8 Å². The van der Waals surface area contributed by atoms with Gasteiger partial charge in [-0.2, -0.15) is 13.2 Å². The van der Waals surface area contributed by atoms with Crippen LogP contribution in [0.5, 0.6) is 0 Å². The number of hydrogen-bond donors (Lipinski definition) is 0. The molecule has 4 unspecified atom stereocenters. The van der Waals surface area contributed by atoms with E-state index in [9.17, 15) is 13.2 Å². The summed E-state index contributed by atoms with van der Waals surface area (Å²) >= 11 is 0. The van der Waals surface area contributed by atoms with Crippen LogP contribution < -0.4 is 0 Å². The molecule has 0 saturated heterocycles. The predicted octanol–water partition coefficient (Wildman–Crippen LogP) is 9.03. The van der Waals surface area contributed by atoms with E-state index < -0.39 is 11.7 Å². The maximum atomic E-state index is 12.8. The number of benzene rings is 2. The van der Waals surface area contributed by atoms with Crippen molar-refractivity contribution in [2.45, 2.75) is 70.4 Å². The summed E-state index contributed by atoms with van der Waals surface area (Å²) in [6.07, 6.45) is 10.9. The molecule has 2 aromatic rings. The van der Waals surface area contributed by atoms with Crippen LogP contribution in [0.4, 0.5) is 13.2 Å². The average Bonchev–Trinajstić information content (AvgIpc) is 2.78.